The Bertz CT molecular complexity index is 419. The number of amides is 2. The Morgan fingerprint density at radius 1 is 1.44 bits per heavy atom. The number of carbonyl (C=O) groups is 2. The normalized spacial score (nSPS) is 11.7. The highest BCUT2D eigenvalue weighted by Gasteiger charge is 2.18. The van der Waals surface area contributed by atoms with Crippen molar-refractivity contribution in [3.63, 3.8) is 0 Å². The Morgan fingerprint density at radius 2 is 2.17 bits per heavy atom. The summed E-state index contributed by atoms with van der Waals surface area (Å²) in [5.41, 5.74) is 1.67. The summed E-state index contributed by atoms with van der Waals surface area (Å²) in [4.78, 5) is 26.0. The predicted octanol–water partition coefficient (Wildman–Crippen LogP) is -0.365. The largest absolute Gasteiger partial charge is 0.480 e. The molecular weight excluding hydrogens is 238 g/mol. The molecule has 0 unspecified atom stereocenters. The van der Waals surface area contributed by atoms with E-state index in [0.29, 0.717) is 0 Å². The molecule has 0 aliphatic rings. The van der Waals surface area contributed by atoms with Crippen LogP contribution in [-0.4, -0.2) is 39.8 Å². The predicted molar refractivity (Wildman–Crippen MR) is 62.9 cm³/mol. The topological polar surface area (TPSA) is 112 Å². The zero-order valence-electron chi connectivity index (χ0n) is 9.88. The number of pyridine rings is 1. The molecule has 1 aromatic rings. The van der Waals surface area contributed by atoms with Crippen LogP contribution in [0, 0.1) is 6.92 Å². The lowest BCUT2D eigenvalue weighted by Gasteiger charge is -2.12. The molecule has 98 valence electrons. The van der Waals surface area contributed by atoms with Crippen molar-refractivity contribution in [3.05, 3.63) is 29.6 Å². The second kappa shape index (κ2) is 6.55. The minimum atomic E-state index is -1.30. The van der Waals surface area contributed by atoms with Crippen molar-refractivity contribution >= 4 is 12.0 Å². The smallest absolute Gasteiger partial charge is 0.328 e. The fourth-order valence-electron chi connectivity index (χ4n) is 1.18. The zero-order valence-corrected chi connectivity index (χ0v) is 9.88. The van der Waals surface area contributed by atoms with Crippen molar-refractivity contribution < 1.29 is 19.8 Å². The van der Waals surface area contributed by atoms with E-state index in [1.807, 2.05) is 19.1 Å². The molecule has 0 radical (unpaired) electrons. The third-order valence-electron chi connectivity index (χ3n) is 2.21. The van der Waals surface area contributed by atoms with Crippen LogP contribution in [0.3, 0.4) is 0 Å². The summed E-state index contributed by atoms with van der Waals surface area (Å²) in [6, 6.07) is 1.66. The molecule has 0 saturated heterocycles. The average molecular weight is 253 g/mol. The van der Waals surface area contributed by atoms with E-state index in [1.54, 1.807) is 6.20 Å². The zero-order chi connectivity index (χ0) is 13.5. The SMILES string of the molecule is Cc1ccc(CNC(=O)N[C@@H](CO)C(=O)O)cn1. The second-order valence-corrected chi connectivity index (χ2v) is 3.71. The third-order valence-corrected chi connectivity index (χ3v) is 2.21. The Hall–Kier alpha value is -2.15. The van der Waals surface area contributed by atoms with Crippen molar-refractivity contribution in [1.29, 1.82) is 0 Å². The van der Waals surface area contributed by atoms with E-state index >= 15 is 0 Å². The maximum absolute atomic E-state index is 11.3. The van der Waals surface area contributed by atoms with E-state index < -0.39 is 24.6 Å². The number of aromatic nitrogens is 1. The molecule has 7 heteroatoms. The van der Waals surface area contributed by atoms with Gasteiger partial charge in [0.25, 0.3) is 0 Å². The van der Waals surface area contributed by atoms with Crippen LogP contribution in [0.25, 0.3) is 0 Å². The Morgan fingerprint density at radius 3 is 2.67 bits per heavy atom. The van der Waals surface area contributed by atoms with Gasteiger partial charge in [-0.2, -0.15) is 0 Å². The fourth-order valence-corrected chi connectivity index (χ4v) is 1.18. The van der Waals surface area contributed by atoms with Crippen LogP contribution >= 0.6 is 0 Å². The molecule has 7 nitrogen and oxygen atoms in total. The van der Waals surface area contributed by atoms with E-state index in [-0.39, 0.29) is 6.54 Å². The van der Waals surface area contributed by atoms with Gasteiger partial charge in [0.1, 0.15) is 0 Å². The number of hydrogen-bond donors (Lipinski definition) is 4. The number of hydrogen-bond acceptors (Lipinski definition) is 4. The lowest BCUT2D eigenvalue weighted by Crippen LogP contribution is -2.47. The van der Waals surface area contributed by atoms with Crippen molar-refractivity contribution in [2.45, 2.75) is 19.5 Å². The van der Waals surface area contributed by atoms with Crippen LogP contribution in [0.2, 0.25) is 0 Å². The van der Waals surface area contributed by atoms with Crippen molar-refractivity contribution in [2.75, 3.05) is 6.61 Å². The Labute approximate surface area is 104 Å². The quantitative estimate of drug-likeness (QED) is 0.572. The summed E-state index contributed by atoms with van der Waals surface area (Å²) in [7, 11) is 0. The van der Waals surface area contributed by atoms with Gasteiger partial charge in [-0.3, -0.25) is 4.98 Å². The van der Waals surface area contributed by atoms with Gasteiger partial charge >= 0.3 is 12.0 Å². The maximum Gasteiger partial charge on any atom is 0.328 e. The van der Waals surface area contributed by atoms with Crippen molar-refractivity contribution in [3.8, 4) is 0 Å². The molecular formula is C11H15N3O4. The van der Waals surface area contributed by atoms with Gasteiger partial charge in [-0.15, -0.1) is 0 Å². The summed E-state index contributed by atoms with van der Waals surface area (Å²) in [5, 5.41) is 22.0. The highest BCUT2D eigenvalue weighted by molar-refractivity contribution is 5.82. The number of rotatable bonds is 5. The van der Waals surface area contributed by atoms with Crippen LogP contribution < -0.4 is 10.6 Å². The number of aliphatic hydroxyl groups is 1. The Kier molecular flexibility index (Phi) is 5.06. The van der Waals surface area contributed by atoms with Gasteiger partial charge in [0.15, 0.2) is 6.04 Å². The molecule has 1 rings (SSSR count). The number of aliphatic carboxylic acids is 1. The molecule has 2 amide bonds. The number of carboxylic acid groups (broad SMARTS) is 1. The molecule has 0 aliphatic carbocycles. The maximum atomic E-state index is 11.3. The second-order valence-electron chi connectivity index (χ2n) is 3.71. The fraction of sp³-hybridized carbons (Fsp3) is 0.364. The summed E-state index contributed by atoms with van der Waals surface area (Å²) >= 11 is 0. The average Bonchev–Trinajstić information content (AvgIpc) is 2.35. The summed E-state index contributed by atoms with van der Waals surface area (Å²) in [6.07, 6.45) is 1.62. The number of aryl methyl sites for hydroxylation is 1. The molecule has 4 N–H and O–H groups in total. The van der Waals surface area contributed by atoms with Gasteiger partial charge in [0.2, 0.25) is 0 Å². The van der Waals surface area contributed by atoms with Gasteiger partial charge in [-0.05, 0) is 18.6 Å². The molecule has 18 heavy (non-hydrogen) atoms. The van der Waals surface area contributed by atoms with Gasteiger partial charge in [0.05, 0.1) is 6.61 Å². The van der Waals surface area contributed by atoms with E-state index in [1.165, 1.54) is 0 Å². The number of carbonyl (C=O) groups excluding carboxylic acids is 1. The van der Waals surface area contributed by atoms with Crippen LogP contribution in [0.15, 0.2) is 18.3 Å². The molecule has 0 saturated carbocycles. The first-order chi connectivity index (χ1) is 8.52. The number of nitrogens with zero attached hydrogens (tertiary/aromatic N) is 1. The van der Waals surface area contributed by atoms with Crippen LogP contribution in [0.4, 0.5) is 4.79 Å². The minimum Gasteiger partial charge on any atom is -0.480 e. The van der Waals surface area contributed by atoms with Crippen LogP contribution in [0.5, 0.6) is 0 Å². The molecule has 1 aromatic heterocycles. The highest BCUT2D eigenvalue weighted by atomic mass is 16.4. The van der Waals surface area contributed by atoms with Gasteiger partial charge in [0, 0.05) is 18.4 Å². The molecule has 0 fully saturated rings. The van der Waals surface area contributed by atoms with E-state index in [4.69, 9.17) is 10.2 Å². The first kappa shape index (κ1) is 13.9. The number of urea groups is 1. The molecule has 1 atom stereocenters. The standard InChI is InChI=1S/C11H15N3O4/c1-7-2-3-8(4-12-7)5-13-11(18)14-9(6-15)10(16)17/h2-4,9,15H,5-6H2,1H3,(H,16,17)(H2,13,14,18)/t9-/m0/s1. The van der Waals surface area contributed by atoms with Crippen LogP contribution in [0.1, 0.15) is 11.3 Å². The lowest BCUT2D eigenvalue weighted by atomic mass is 10.2. The van der Waals surface area contributed by atoms with Gasteiger partial charge < -0.3 is 20.8 Å². The van der Waals surface area contributed by atoms with Crippen molar-refractivity contribution in [2.24, 2.45) is 0 Å². The number of nitrogens with one attached hydrogen (secondary N) is 2. The van der Waals surface area contributed by atoms with E-state index in [2.05, 4.69) is 15.6 Å². The summed E-state index contributed by atoms with van der Waals surface area (Å²) < 4.78 is 0. The minimum absolute atomic E-state index is 0.233. The van der Waals surface area contributed by atoms with E-state index in [9.17, 15) is 9.59 Å². The first-order valence-electron chi connectivity index (χ1n) is 5.32. The number of carboxylic acids is 1. The molecule has 0 aromatic carbocycles. The van der Waals surface area contributed by atoms with Crippen molar-refractivity contribution in [1.82, 2.24) is 15.6 Å². The first-order valence-corrected chi connectivity index (χ1v) is 5.32. The third kappa shape index (κ3) is 4.38. The van der Waals surface area contributed by atoms with Gasteiger partial charge in [-0.25, -0.2) is 9.59 Å². The molecule has 0 spiro atoms. The number of aliphatic hydroxyl groups excluding tert-OH is 1. The van der Waals surface area contributed by atoms with E-state index in [0.717, 1.165) is 11.3 Å². The van der Waals surface area contributed by atoms with Gasteiger partial charge in [-0.1, -0.05) is 6.07 Å². The molecule has 0 aliphatic heterocycles. The lowest BCUT2D eigenvalue weighted by molar-refractivity contribution is -0.140. The van der Waals surface area contributed by atoms with Crippen LogP contribution in [-0.2, 0) is 11.3 Å². The highest BCUT2D eigenvalue weighted by Crippen LogP contribution is 1.98. The summed E-state index contributed by atoms with van der Waals surface area (Å²) in [6.45, 7) is 1.42. The Balaban J connectivity index is 2.41. The summed E-state index contributed by atoms with van der Waals surface area (Å²) in [5.74, 6) is -1.29. The monoisotopic (exact) mass is 253 g/mol. The molecule has 0 bridgehead atoms. The molecule has 1 heterocycles.